The van der Waals surface area contributed by atoms with Crippen molar-refractivity contribution in [3.63, 3.8) is 0 Å². The molecule has 1 amide bonds. The summed E-state index contributed by atoms with van der Waals surface area (Å²) in [6.45, 7) is 3.09. The summed E-state index contributed by atoms with van der Waals surface area (Å²) in [5.74, 6) is -1.13. The van der Waals surface area contributed by atoms with E-state index in [-0.39, 0.29) is 5.91 Å². The van der Waals surface area contributed by atoms with Gasteiger partial charge < -0.3 is 15.4 Å². The van der Waals surface area contributed by atoms with Crippen LogP contribution in [0.2, 0.25) is 0 Å². The maximum absolute atomic E-state index is 12.1. The smallest absolute Gasteiger partial charge is 0.331 e. The number of nitrogens with zero attached hydrogens (tertiary/aromatic N) is 2. The largest absolute Gasteiger partial charge is 0.479 e. The molecule has 3 N–H and O–H groups in total. The lowest BCUT2D eigenvalue weighted by atomic mass is 10.1. The summed E-state index contributed by atoms with van der Waals surface area (Å²) in [5, 5.41) is 17.1. The lowest BCUT2D eigenvalue weighted by Gasteiger charge is -2.19. The van der Waals surface area contributed by atoms with Crippen LogP contribution in [0.4, 0.5) is 5.69 Å². The number of aryl methyl sites for hydroxylation is 1. The molecule has 0 aliphatic carbocycles. The number of aromatic amines is 1. The van der Waals surface area contributed by atoms with Crippen molar-refractivity contribution in [1.29, 1.82) is 0 Å². The molecule has 130 valence electrons. The molecule has 2 aromatic heterocycles. The first-order chi connectivity index (χ1) is 11.9. The van der Waals surface area contributed by atoms with Crippen molar-refractivity contribution in [3.05, 3.63) is 48.4 Å². The maximum Gasteiger partial charge on any atom is 0.331 e. The highest BCUT2D eigenvalue weighted by molar-refractivity contribution is 5.90. The third kappa shape index (κ3) is 3.55. The number of carbonyl (C=O) groups excluding carboxylic acids is 1. The van der Waals surface area contributed by atoms with Gasteiger partial charge >= 0.3 is 5.97 Å². The quantitative estimate of drug-likeness (QED) is 0.642. The molecule has 1 aromatic carbocycles. The number of carboxylic acid groups (broad SMARTS) is 1. The van der Waals surface area contributed by atoms with Crippen molar-refractivity contribution < 1.29 is 14.7 Å². The summed E-state index contributed by atoms with van der Waals surface area (Å²) >= 11 is 0. The summed E-state index contributed by atoms with van der Waals surface area (Å²) < 4.78 is 1.32. The fourth-order valence-electron chi connectivity index (χ4n) is 2.53. The van der Waals surface area contributed by atoms with Gasteiger partial charge in [0.15, 0.2) is 5.54 Å². The monoisotopic (exact) mass is 340 g/mol. The lowest BCUT2D eigenvalue weighted by molar-refractivity contribution is -0.146. The second-order valence-corrected chi connectivity index (χ2v) is 6.49. The van der Waals surface area contributed by atoms with E-state index >= 15 is 0 Å². The summed E-state index contributed by atoms with van der Waals surface area (Å²) in [6.07, 6.45) is 5.83. The molecule has 0 unspecified atom stereocenters. The molecule has 0 bridgehead atoms. The van der Waals surface area contributed by atoms with Crippen LogP contribution in [0.1, 0.15) is 25.8 Å². The van der Waals surface area contributed by atoms with Gasteiger partial charge in [0.25, 0.3) is 0 Å². The molecule has 3 aromatic rings. The van der Waals surface area contributed by atoms with Crippen LogP contribution < -0.4 is 5.32 Å². The Morgan fingerprint density at radius 1 is 1.32 bits per heavy atom. The minimum absolute atomic E-state index is 0.137. The molecule has 3 rings (SSSR count). The number of hydrogen-bond acceptors (Lipinski definition) is 3. The molecule has 0 fully saturated rings. The first-order valence-corrected chi connectivity index (χ1v) is 8.01. The summed E-state index contributed by atoms with van der Waals surface area (Å²) in [5.41, 5.74) is 1.47. The summed E-state index contributed by atoms with van der Waals surface area (Å²) in [6, 6.07) is 8.06. The number of carbonyl (C=O) groups is 2. The van der Waals surface area contributed by atoms with Crippen LogP contribution in [0.15, 0.2) is 42.9 Å². The number of hydrogen-bond donors (Lipinski definition) is 3. The fourth-order valence-corrected chi connectivity index (χ4v) is 2.53. The third-order valence-corrected chi connectivity index (χ3v) is 4.22. The molecule has 0 atom stereocenters. The van der Waals surface area contributed by atoms with Gasteiger partial charge in [-0.1, -0.05) is 6.07 Å². The summed E-state index contributed by atoms with van der Waals surface area (Å²) in [7, 11) is 0. The highest BCUT2D eigenvalue weighted by Crippen LogP contribution is 2.18. The van der Waals surface area contributed by atoms with Gasteiger partial charge in [-0.25, -0.2) is 4.79 Å². The van der Waals surface area contributed by atoms with Crippen LogP contribution in [0.5, 0.6) is 0 Å². The molecule has 2 heterocycles. The number of aromatic nitrogens is 3. The number of anilines is 1. The average molecular weight is 340 g/mol. The highest BCUT2D eigenvalue weighted by atomic mass is 16.4. The predicted octanol–water partition coefficient (Wildman–Crippen LogP) is 2.76. The lowest BCUT2D eigenvalue weighted by Crippen LogP contribution is -2.35. The van der Waals surface area contributed by atoms with Gasteiger partial charge in [-0.05, 0) is 49.4 Å². The zero-order chi connectivity index (χ0) is 18.0. The van der Waals surface area contributed by atoms with Crippen molar-refractivity contribution in [2.75, 3.05) is 5.32 Å². The van der Waals surface area contributed by atoms with E-state index in [4.69, 9.17) is 0 Å². The Kier molecular flexibility index (Phi) is 4.31. The van der Waals surface area contributed by atoms with E-state index in [1.807, 2.05) is 24.4 Å². The first-order valence-electron chi connectivity index (χ1n) is 8.01. The van der Waals surface area contributed by atoms with Gasteiger partial charge in [0.2, 0.25) is 5.91 Å². The normalized spacial score (nSPS) is 11.6. The Morgan fingerprint density at radius 3 is 2.88 bits per heavy atom. The van der Waals surface area contributed by atoms with E-state index in [2.05, 4.69) is 21.5 Å². The number of amides is 1. The molecule has 0 spiro atoms. The Bertz CT molecular complexity index is 923. The Labute approximate surface area is 144 Å². The second kappa shape index (κ2) is 6.43. The van der Waals surface area contributed by atoms with Crippen LogP contribution in [-0.4, -0.2) is 31.7 Å². The van der Waals surface area contributed by atoms with Gasteiger partial charge in [0.05, 0.1) is 11.9 Å². The number of rotatable bonds is 6. The molecule has 7 heteroatoms. The molecule has 0 radical (unpaired) electrons. The minimum Gasteiger partial charge on any atom is -0.479 e. The van der Waals surface area contributed by atoms with Crippen molar-refractivity contribution in [1.82, 2.24) is 14.8 Å². The van der Waals surface area contributed by atoms with Gasteiger partial charge in [-0.3, -0.25) is 9.48 Å². The van der Waals surface area contributed by atoms with Gasteiger partial charge in [0.1, 0.15) is 0 Å². The Hall–Kier alpha value is -3.09. The summed E-state index contributed by atoms with van der Waals surface area (Å²) in [4.78, 5) is 26.5. The van der Waals surface area contributed by atoms with Gasteiger partial charge in [0, 0.05) is 24.3 Å². The predicted molar refractivity (Wildman–Crippen MR) is 94.4 cm³/mol. The third-order valence-electron chi connectivity index (χ3n) is 4.22. The van der Waals surface area contributed by atoms with Gasteiger partial charge in [-0.2, -0.15) is 5.10 Å². The van der Waals surface area contributed by atoms with Crippen LogP contribution >= 0.6 is 0 Å². The zero-order valence-corrected chi connectivity index (χ0v) is 14.1. The van der Waals surface area contributed by atoms with E-state index in [9.17, 15) is 14.7 Å². The van der Waals surface area contributed by atoms with E-state index < -0.39 is 11.5 Å². The zero-order valence-electron chi connectivity index (χ0n) is 14.1. The van der Waals surface area contributed by atoms with Crippen LogP contribution in [-0.2, 0) is 21.5 Å². The molecular formula is C18H20N4O3. The van der Waals surface area contributed by atoms with Crippen molar-refractivity contribution in [2.24, 2.45) is 0 Å². The minimum atomic E-state index is -1.17. The van der Waals surface area contributed by atoms with E-state index in [1.165, 1.54) is 17.1 Å². The first kappa shape index (κ1) is 16.8. The topological polar surface area (TPSA) is 100 Å². The number of H-pyrrole nitrogens is 1. The molecule has 25 heavy (non-hydrogen) atoms. The molecule has 0 saturated carbocycles. The van der Waals surface area contributed by atoms with E-state index in [1.54, 1.807) is 13.8 Å². The number of nitrogens with one attached hydrogen (secondary N) is 2. The number of carboxylic acids is 1. The average Bonchev–Trinajstić information content (AvgIpc) is 3.21. The van der Waals surface area contributed by atoms with Gasteiger partial charge in [-0.15, -0.1) is 0 Å². The van der Waals surface area contributed by atoms with Crippen LogP contribution in [0, 0.1) is 0 Å². The van der Waals surface area contributed by atoms with Crippen LogP contribution in [0.25, 0.3) is 10.9 Å². The number of fused-ring (bicyclic) bond motifs is 1. The van der Waals surface area contributed by atoms with E-state index in [0.717, 1.165) is 16.5 Å². The SMILES string of the molecule is CC(C)(C(=O)O)n1cc(NC(=O)CCc2ccc3[nH]ccc3c2)cn1. The van der Waals surface area contributed by atoms with E-state index in [0.29, 0.717) is 18.5 Å². The van der Waals surface area contributed by atoms with Crippen molar-refractivity contribution in [3.8, 4) is 0 Å². The number of aliphatic carboxylic acids is 1. The maximum atomic E-state index is 12.1. The Balaban J connectivity index is 1.59. The standard InChI is InChI=1S/C18H20N4O3/c1-18(2,17(24)25)22-11-14(10-20-22)21-16(23)6-4-12-3-5-15-13(9-12)7-8-19-15/h3,5,7-11,19H,4,6H2,1-2H3,(H,21,23)(H,24,25). The number of benzene rings is 1. The molecular weight excluding hydrogens is 320 g/mol. The second-order valence-electron chi connectivity index (χ2n) is 6.49. The fraction of sp³-hybridized carbons (Fsp3) is 0.278. The highest BCUT2D eigenvalue weighted by Gasteiger charge is 2.30. The van der Waals surface area contributed by atoms with Crippen LogP contribution in [0.3, 0.4) is 0 Å². The Morgan fingerprint density at radius 2 is 2.12 bits per heavy atom. The van der Waals surface area contributed by atoms with Crippen molar-refractivity contribution in [2.45, 2.75) is 32.2 Å². The molecule has 7 nitrogen and oxygen atoms in total. The molecule has 0 aliphatic rings. The molecule has 0 saturated heterocycles. The van der Waals surface area contributed by atoms with Crippen molar-refractivity contribution >= 4 is 28.5 Å². The molecule has 0 aliphatic heterocycles.